The van der Waals surface area contributed by atoms with E-state index in [4.69, 9.17) is 16.6 Å². The number of carbonyl (C=O) groups excluding carboxylic acids is 1. The Morgan fingerprint density at radius 3 is 2.46 bits per heavy atom. The Morgan fingerprint density at radius 1 is 0.927 bits per heavy atom. The summed E-state index contributed by atoms with van der Waals surface area (Å²) in [4.78, 5) is 22.1. The highest BCUT2D eigenvalue weighted by atomic mass is 35.5. The molecule has 0 N–H and O–H groups in total. The van der Waals surface area contributed by atoms with Crippen LogP contribution in [0.3, 0.4) is 0 Å². The number of hydrogen-bond acceptors (Lipinski definition) is 7. The van der Waals surface area contributed by atoms with E-state index in [-0.39, 0.29) is 5.91 Å². The number of benzene rings is 3. The SMILES string of the molecule is Cc1ccc(-n2c(Cc3ccccc3)nnc2SCc2nc(C(=O)N3CCN(c4cccc(Cl)c4)CC3)cs2)cc1. The lowest BCUT2D eigenvalue weighted by Gasteiger charge is -2.35. The Hall–Kier alpha value is -3.66. The number of thiazole rings is 1. The highest BCUT2D eigenvalue weighted by Gasteiger charge is 2.24. The Balaban J connectivity index is 1.12. The van der Waals surface area contributed by atoms with E-state index in [1.54, 1.807) is 11.8 Å². The van der Waals surface area contributed by atoms with E-state index in [9.17, 15) is 4.79 Å². The summed E-state index contributed by atoms with van der Waals surface area (Å²) in [6.45, 7) is 4.91. The molecule has 2 aromatic heterocycles. The minimum absolute atomic E-state index is 0.0174. The third-order valence-corrected chi connectivity index (χ3v) is 9.24. The number of hydrogen-bond donors (Lipinski definition) is 0. The van der Waals surface area contributed by atoms with Crippen molar-refractivity contribution >= 4 is 46.3 Å². The molecule has 3 heterocycles. The largest absolute Gasteiger partial charge is 0.368 e. The zero-order chi connectivity index (χ0) is 28.2. The molecule has 0 bridgehead atoms. The van der Waals surface area contributed by atoms with Crippen LogP contribution >= 0.6 is 34.7 Å². The molecule has 3 aromatic carbocycles. The number of nitrogens with zero attached hydrogens (tertiary/aromatic N) is 6. The molecule has 0 unspecified atom stereocenters. The van der Waals surface area contributed by atoms with E-state index >= 15 is 0 Å². The zero-order valence-electron chi connectivity index (χ0n) is 22.6. The van der Waals surface area contributed by atoms with Crippen LogP contribution in [0.2, 0.25) is 5.02 Å². The lowest BCUT2D eigenvalue weighted by molar-refractivity contribution is 0.0741. The first-order valence-corrected chi connectivity index (χ1v) is 15.7. The van der Waals surface area contributed by atoms with Crippen LogP contribution in [0, 0.1) is 6.92 Å². The van der Waals surface area contributed by atoms with Gasteiger partial charge in [0.2, 0.25) is 0 Å². The molecule has 0 spiro atoms. The third-order valence-electron chi connectivity index (χ3n) is 7.03. The van der Waals surface area contributed by atoms with E-state index in [0.29, 0.717) is 31.0 Å². The Bertz CT molecular complexity index is 1630. The second kappa shape index (κ2) is 12.5. The van der Waals surface area contributed by atoms with Gasteiger partial charge in [-0.15, -0.1) is 21.5 Å². The van der Waals surface area contributed by atoms with Gasteiger partial charge in [-0.2, -0.15) is 0 Å². The molecule has 6 rings (SSSR count). The first kappa shape index (κ1) is 27.5. The standard InChI is InChI=1S/C31H29ClN6OS2/c1-22-10-12-25(13-11-22)38-28(18-23-6-3-2-4-7-23)34-35-31(38)41-21-29-33-27(20-40-29)30(39)37-16-14-36(15-17-37)26-9-5-8-24(32)19-26/h2-13,19-20H,14-18,21H2,1H3. The van der Waals surface area contributed by atoms with Crippen molar-refractivity contribution in [3.05, 3.63) is 117 Å². The Kier molecular flexibility index (Phi) is 8.36. The van der Waals surface area contributed by atoms with Gasteiger partial charge in [0.05, 0.1) is 5.75 Å². The van der Waals surface area contributed by atoms with E-state index in [2.05, 4.69) is 69.1 Å². The van der Waals surface area contributed by atoms with Gasteiger partial charge in [-0.1, -0.05) is 77.5 Å². The molecule has 0 saturated carbocycles. The normalized spacial score (nSPS) is 13.5. The third kappa shape index (κ3) is 6.48. The summed E-state index contributed by atoms with van der Waals surface area (Å²) in [7, 11) is 0. The second-order valence-electron chi connectivity index (χ2n) is 9.91. The van der Waals surface area contributed by atoms with Crippen LogP contribution in [0.1, 0.15) is 32.4 Å². The number of thioether (sulfide) groups is 1. The van der Waals surface area contributed by atoms with Crippen molar-refractivity contribution < 1.29 is 4.79 Å². The summed E-state index contributed by atoms with van der Waals surface area (Å²) in [5, 5.41) is 13.4. The molecule has 7 nitrogen and oxygen atoms in total. The van der Waals surface area contributed by atoms with Crippen LogP contribution in [-0.4, -0.2) is 56.7 Å². The summed E-state index contributed by atoms with van der Waals surface area (Å²) in [6, 6.07) is 26.6. The molecule has 5 aromatic rings. The quantitative estimate of drug-likeness (QED) is 0.189. The van der Waals surface area contributed by atoms with Crippen molar-refractivity contribution in [3.8, 4) is 5.69 Å². The molecule has 0 atom stereocenters. The fourth-order valence-electron chi connectivity index (χ4n) is 4.84. The van der Waals surface area contributed by atoms with Gasteiger partial charge in [0.25, 0.3) is 5.91 Å². The smallest absolute Gasteiger partial charge is 0.273 e. The van der Waals surface area contributed by atoms with Gasteiger partial charge in [-0.05, 0) is 42.8 Å². The summed E-state index contributed by atoms with van der Waals surface area (Å²) in [5.74, 6) is 1.47. The van der Waals surface area contributed by atoms with Gasteiger partial charge in [0.1, 0.15) is 16.5 Å². The number of rotatable bonds is 8. The first-order chi connectivity index (χ1) is 20.0. The number of halogens is 1. The Labute approximate surface area is 252 Å². The molecule has 0 aliphatic carbocycles. The van der Waals surface area contributed by atoms with Crippen molar-refractivity contribution in [2.45, 2.75) is 24.3 Å². The molecule has 208 valence electrons. The van der Waals surface area contributed by atoms with Gasteiger partial charge >= 0.3 is 0 Å². The maximum absolute atomic E-state index is 13.2. The minimum atomic E-state index is -0.0174. The molecule has 41 heavy (non-hydrogen) atoms. The summed E-state index contributed by atoms with van der Waals surface area (Å²) in [5.41, 5.74) is 5.00. The number of anilines is 1. The second-order valence-corrected chi connectivity index (χ2v) is 12.2. The first-order valence-electron chi connectivity index (χ1n) is 13.5. The summed E-state index contributed by atoms with van der Waals surface area (Å²) < 4.78 is 2.12. The van der Waals surface area contributed by atoms with Gasteiger partial charge in [0.15, 0.2) is 5.16 Å². The van der Waals surface area contributed by atoms with Crippen LogP contribution in [0.5, 0.6) is 0 Å². The molecular formula is C31H29ClN6OS2. The highest BCUT2D eigenvalue weighted by Crippen LogP contribution is 2.28. The molecule has 1 saturated heterocycles. The number of carbonyl (C=O) groups is 1. The van der Waals surface area contributed by atoms with Gasteiger partial charge in [0, 0.05) is 54.4 Å². The van der Waals surface area contributed by atoms with Crippen molar-refractivity contribution in [2.75, 3.05) is 31.1 Å². The van der Waals surface area contributed by atoms with Gasteiger partial charge < -0.3 is 9.80 Å². The highest BCUT2D eigenvalue weighted by molar-refractivity contribution is 7.98. The minimum Gasteiger partial charge on any atom is -0.368 e. The predicted molar refractivity (Wildman–Crippen MR) is 167 cm³/mol. The number of amides is 1. The molecule has 1 amide bonds. The van der Waals surface area contributed by atoms with Gasteiger partial charge in [-0.3, -0.25) is 9.36 Å². The lowest BCUT2D eigenvalue weighted by atomic mass is 10.1. The maximum Gasteiger partial charge on any atom is 0.273 e. The van der Waals surface area contributed by atoms with Crippen LogP contribution in [0.25, 0.3) is 5.69 Å². The number of aromatic nitrogens is 4. The number of piperazine rings is 1. The average molecular weight is 601 g/mol. The topological polar surface area (TPSA) is 67.2 Å². The van der Waals surface area contributed by atoms with E-state index in [1.807, 2.05) is 46.7 Å². The molecule has 1 aliphatic rings. The average Bonchev–Trinajstić information content (AvgIpc) is 3.64. The van der Waals surface area contributed by atoms with Crippen LogP contribution in [0.4, 0.5) is 5.69 Å². The monoisotopic (exact) mass is 600 g/mol. The van der Waals surface area contributed by atoms with Crippen molar-refractivity contribution in [1.29, 1.82) is 0 Å². The fraction of sp³-hybridized carbons (Fsp3) is 0.226. The van der Waals surface area contributed by atoms with Crippen molar-refractivity contribution in [3.63, 3.8) is 0 Å². The number of aryl methyl sites for hydroxylation is 1. The van der Waals surface area contributed by atoms with E-state index < -0.39 is 0 Å². The summed E-state index contributed by atoms with van der Waals surface area (Å²) >= 11 is 9.26. The van der Waals surface area contributed by atoms with E-state index in [0.717, 1.165) is 45.5 Å². The van der Waals surface area contributed by atoms with Crippen LogP contribution in [-0.2, 0) is 12.2 Å². The molecular weight excluding hydrogens is 572 g/mol. The van der Waals surface area contributed by atoms with Crippen LogP contribution < -0.4 is 4.90 Å². The van der Waals surface area contributed by atoms with E-state index in [1.165, 1.54) is 22.5 Å². The predicted octanol–water partition coefficient (Wildman–Crippen LogP) is 6.53. The molecule has 1 fully saturated rings. The van der Waals surface area contributed by atoms with Gasteiger partial charge in [-0.25, -0.2) is 4.98 Å². The van der Waals surface area contributed by atoms with Crippen LogP contribution in [0.15, 0.2) is 89.4 Å². The molecule has 10 heteroatoms. The Morgan fingerprint density at radius 2 is 1.71 bits per heavy atom. The summed E-state index contributed by atoms with van der Waals surface area (Å²) in [6.07, 6.45) is 0.683. The fourth-order valence-corrected chi connectivity index (χ4v) is 6.79. The van der Waals surface area contributed by atoms with Crippen molar-refractivity contribution in [1.82, 2.24) is 24.6 Å². The lowest BCUT2D eigenvalue weighted by Crippen LogP contribution is -2.48. The zero-order valence-corrected chi connectivity index (χ0v) is 25.0. The van der Waals surface area contributed by atoms with Crippen molar-refractivity contribution in [2.24, 2.45) is 0 Å². The molecule has 0 radical (unpaired) electrons. The molecule has 1 aliphatic heterocycles. The maximum atomic E-state index is 13.2.